The van der Waals surface area contributed by atoms with Crippen LogP contribution in [0, 0.1) is 6.92 Å². The molecule has 0 fully saturated rings. The molecule has 4 heteroatoms. The third-order valence-corrected chi connectivity index (χ3v) is 3.71. The van der Waals surface area contributed by atoms with Gasteiger partial charge in [0.2, 0.25) is 0 Å². The molecule has 1 aromatic heterocycles. The molecule has 0 unspecified atom stereocenters. The Balaban J connectivity index is 1.93. The Kier molecular flexibility index (Phi) is 2.72. The molecule has 0 aliphatic rings. The molecule has 0 bridgehead atoms. The van der Waals surface area contributed by atoms with Gasteiger partial charge in [0.05, 0.1) is 11.0 Å². The van der Waals surface area contributed by atoms with E-state index in [0.717, 1.165) is 32.3 Å². The number of hydrogen-bond donors (Lipinski definition) is 2. The normalized spacial score (nSPS) is 10.9. The van der Waals surface area contributed by atoms with Crippen LogP contribution in [0.1, 0.15) is 5.56 Å². The minimum absolute atomic E-state index is 0.816. The molecule has 0 aliphatic carbocycles. The van der Waals surface area contributed by atoms with Crippen LogP contribution in [-0.2, 0) is 0 Å². The van der Waals surface area contributed by atoms with Crippen molar-refractivity contribution in [2.45, 2.75) is 17.0 Å². The summed E-state index contributed by atoms with van der Waals surface area (Å²) < 4.78 is 0. The lowest BCUT2D eigenvalue weighted by molar-refractivity contribution is 1.08. The maximum absolute atomic E-state index is 5.91. The van der Waals surface area contributed by atoms with Crippen LogP contribution in [0.25, 0.3) is 11.0 Å². The van der Waals surface area contributed by atoms with Gasteiger partial charge in [-0.3, -0.25) is 0 Å². The van der Waals surface area contributed by atoms with Crippen molar-refractivity contribution >= 4 is 28.5 Å². The summed E-state index contributed by atoms with van der Waals surface area (Å²) in [6.45, 7) is 2.00. The van der Waals surface area contributed by atoms with Gasteiger partial charge in [-0.2, -0.15) is 0 Å². The summed E-state index contributed by atoms with van der Waals surface area (Å²) in [5, 5.41) is 0.888. The monoisotopic (exact) mass is 255 g/mol. The third kappa shape index (κ3) is 2.07. The molecule has 0 saturated carbocycles. The fourth-order valence-corrected chi connectivity index (χ4v) is 2.62. The van der Waals surface area contributed by atoms with Gasteiger partial charge in [-0.1, -0.05) is 30.0 Å². The highest BCUT2D eigenvalue weighted by atomic mass is 32.2. The summed E-state index contributed by atoms with van der Waals surface area (Å²) in [4.78, 5) is 8.91. The zero-order chi connectivity index (χ0) is 12.5. The summed E-state index contributed by atoms with van der Waals surface area (Å²) in [5.74, 6) is 0. The second-order valence-electron chi connectivity index (χ2n) is 4.18. The van der Waals surface area contributed by atoms with Gasteiger partial charge in [-0.15, -0.1) is 0 Å². The van der Waals surface area contributed by atoms with E-state index in [-0.39, 0.29) is 0 Å². The van der Waals surface area contributed by atoms with Crippen molar-refractivity contribution in [1.29, 1.82) is 0 Å². The number of nitrogens with zero attached hydrogens (tertiary/aromatic N) is 1. The van der Waals surface area contributed by atoms with Gasteiger partial charge < -0.3 is 10.7 Å². The molecule has 0 saturated heterocycles. The molecule has 1 heterocycles. The van der Waals surface area contributed by atoms with Crippen molar-refractivity contribution in [3.63, 3.8) is 0 Å². The van der Waals surface area contributed by atoms with Gasteiger partial charge in [0, 0.05) is 10.6 Å². The summed E-state index contributed by atoms with van der Waals surface area (Å²) in [5.41, 5.74) is 9.86. The second kappa shape index (κ2) is 4.38. The molecule has 3 nitrogen and oxygen atoms in total. The first-order valence-corrected chi connectivity index (χ1v) is 6.53. The number of nitrogen functional groups attached to an aromatic ring is 1. The molecule has 0 radical (unpaired) electrons. The molecule has 18 heavy (non-hydrogen) atoms. The molecule has 90 valence electrons. The van der Waals surface area contributed by atoms with Crippen molar-refractivity contribution in [2.24, 2.45) is 0 Å². The Labute approximate surface area is 109 Å². The van der Waals surface area contributed by atoms with Crippen LogP contribution in [0.5, 0.6) is 0 Å². The first-order valence-electron chi connectivity index (χ1n) is 5.71. The average Bonchev–Trinajstić information content (AvgIpc) is 2.76. The molecule has 0 aliphatic heterocycles. The Morgan fingerprint density at radius 3 is 2.78 bits per heavy atom. The number of imidazole rings is 1. The lowest BCUT2D eigenvalue weighted by atomic mass is 10.2. The topological polar surface area (TPSA) is 54.7 Å². The number of nitrogens with one attached hydrogen (secondary N) is 1. The van der Waals surface area contributed by atoms with Crippen LogP contribution in [0.3, 0.4) is 0 Å². The lowest BCUT2D eigenvalue weighted by Crippen LogP contribution is -1.89. The van der Waals surface area contributed by atoms with Crippen molar-refractivity contribution in [3.05, 3.63) is 48.0 Å². The molecule has 3 aromatic rings. The molecular formula is C14H13N3S. The SMILES string of the molecule is Cc1ccc(Sc2nc3ccccc3[nH]2)cc1N. The molecule has 3 N–H and O–H groups in total. The van der Waals surface area contributed by atoms with Gasteiger partial charge >= 0.3 is 0 Å². The van der Waals surface area contributed by atoms with Crippen LogP contribution >= 0.6 is 11.8 Å². The number of rotatable bonds is 2. The van der Waals surface area contributed by atoms with Gasteiger partial charge in [-0.25, -0.2) is 4.98 Å². The fourth-order valence-electron chi connectivity index (χ4n) is 1.77. The molecule has 0 atom stereocenters. The van der Waals surface area contributed by atoms with Gasteiger partial charge in [-0.05, 0) is 36.8 Å². The van der Waals surface area contributed by atoms with Crippen molar-refractivity contribution in [2.75, 3.05) is 5.73 Å². The Bertz CT molecular complexity index is 670. The minimum atomic E-state index is 0.816. The molecule has 2 aromatic carbocycles. The molecule has 0 spiro atoms. The summed E-state index contributed by atoms with van der Waals surface area (Å²) in [7, 11) is 0. The number of fused-ring (bicyclic) bond motifs is 1. The van der Waals surface area contributed by atoms with Crippen LogP contribution in [0.15, 0.2) is 52.5 Å². The van der Waals surface area contributed by atoms with E-state index in [0.29, 0.717) is 0 Å². The van der Waals surface area contributed by atoms with Crippen LogP contribution < -0.4 is 5.73 Å². The summed E-state index contributed by atoms with van der Waals surface area (Å²) in [6, 6.07) is 14.1. The van der Waals surface area contributed by atoms with Crippen LogP contribution in [-0.4, -0.2) is 9.97 Å². The van der Waals surface area contributed by atoms with Gasteiger partial charge in [0.15, 0.2) is 5.16 Å². The van der Waals surface area contributed by atoms with E-state index >= 15 is 0 Å². The zero-order valence-electron chi connectivity index (χ0n) is 9.97. The van der Waals surface area contributed by atoms with Gasteiger partial charge in [0.25, 0.3) is 0 Å². The first kappa shape index (κ1) is 11.2. The minimum Gasteiger partial charge on any atom is -0.398 e. The highest BCUT2D eigenvalue weighted by Crippen LogP contribution is 2.29. The highest BCUT2D eigenvalue weighted by Gasteiger charge is 2.05. The van der Waals surface area contributed by atoms with E-state index in [1.807, 2.05) is 43.3 Å². The smallest absolute Gasteiger partial charge is 0.171 e. The van der Waals surface area contributed by atoms with E-state index in [9.17, 15) is 0 Å². The lowest BCUT2D eigenvalue weighted by Gasteiger charge is -2.02. The number of anilines is 1. The number of hydrogen-bond acceptors (Lipinski definition) is 3. The van der Waals surface area contributed by atoms with E-state index in [1.54, 1.807) is 11.8 Å². The van der Waals surface area contributed by atoms with E-state index < -0.39 is 0 Å². The van der Waals surface area contributed by atoms with Crippen LogP contribution in [0.4, 0.5) is 5.69 Å². The number of nitrogens with two attached hydrogens (primary N) is 1. The number of aryl methyl sites for hydroxylation is 1. The third-order valence-electron chi connectivity index (χ3n) is 2.83. The predicted octanol–water partition coefficient (Wildman–Crippen LogP) is 3.60. The fraction of sp³-hybridized carbons (Fsp3) is 0.0714. The van der Waals surface area contributed by atoms with E-state index in [1.165, 1.54) is 0 Å². The van der Waals surface area contributed by atoms with Crippen molar-refractivity contribution in [3.8, 4) is 0 Å². The Morgan fingerprint density at radius 2 is 2.00 bits per heavy atom. The van der Waals surface area contributed by atoms with E-state index in [4.69, 9.17) is 5.73 Å². The van der Waals surface area contributed by atoms with E-state index in [2.05, 4.69) is 16.0 Å². The quantitative estimate of drug-likeness (QED) is 0.688. The van der Waals surface area contributed by atoms with Crippen molar-refractivity contribution < 1.29 is 0 Å². The number of aromatic nitrogens is 2. The molecule has 0 amide bonds. The Morgan fingerprint density at radius 1 is 1.17 bits per heavy atom. The number of H-pyrrole nitrogens is 1. The largest absolute Gasteiger partial charge is 0.398 e. The number of benzene rings is 2. The zero-order valence-corrected chi connectivity index (χ0v) is 10.8. The summed E-state index contributed by atoms with van der Waals surface area (Å²) >= 11 is 1.59. The average molecular weight is 255 g/mol. The number of aromatic amines is 1. The molecular weight excluding hydrogens is 242 g/mol. The standard InChI is InChI=1S/C14H13N3S/c1-9-6-7-10(8-11(9)15)18-14-16-12-4-2-3-5-13(12)17-14/h2-8H,15H2,1H3,(H,16,17). The van der Waals surface area contributed by atoms with Crippen LogP contribution in [0.2, 0.25) is 0 Å². The predicted molar refractivity (Wildman–Crippen MR) is 75.8 cm³/mol. The second-order valence-corrected chi connectivity index (χ2v) is 5.24. The first-order chi connectivity index (χ1) is 8.72. The maximum atomic E-state index is 5.91. The number of para-hydroxylation sites is 2. The molecule has 3 rings (SSSR count). The van der Waals surface area contributed by atoms with Gasteiger partial charge in [0.1, 0.15) is 0 Å². The summed E-state index contributed by atoms with van der Waals surface area (Å²) in [6.07, 6.45) is 0. The highest BCUT2D eigenvalue weighted by molar-refractivity contribution is 7.99. The van der Waals surface area contributed by atoms with Crippen molar-refractivity contribution in [1.82, 2.24) is 9.97 Å². The Hall–Kier alpha value is -1.94. The maximum Gasteiger partial charge on any atom is 0.171 e.